The van der Waals surface area contributed by atoms with Gasteiger partial charge in [-0.2, -0.15) is 0 Å². The van der Waals surface area contributed by atoms with E-state index in [9.17, 15) is 0 Å². The summed E-state index contributed by atoms with van der Waals surface area (Å²) >= 11 is 2.11. The highest BCUT2D eigenvalue weighted by Crippen LogP contribution is 2.22. The summed E-state index contributed by atoms with van der Waals surface area (Å²) in [6.45, 7) is -0.112. The SMILES string of the molecule is N[C@H](CO)c1cc(O)ccc1I. The molecule has 0 aliphatic heterocycles. The van der Waals surface area contributed by atoms with Gasteiger partial charge in [0.05, 0.1) is 12.6 Å². The van der Waals surface area contributed by atoms with E-state index in [1.54, 1.807) is 18.2 Å². The van der Waals surface area contributed by atoms with Crippen LogP contribution in [0.5, 0.6) is 5.75 Å². The molecule has 12 heavy (non-hydrogen) atoms. The fourth-order valence-corrected chi connectivity index (χ4v) is 1.65. The number of phenols is 1. The van der Waals surface area contributed by atoms with Crippen LogP contribution in [0.2, 0.25) is 0 Å². The third-order valence-electron chi connectivity index (χ3n) is 1.58. The fraction of sp³-hybridized carbons (Fsp3) is 0.250. The molecule has 0 aromatic heterocycles. The Labute approximate surface area is 84.4 Å². The minimum Gasteiger partial charge on any atom is -0.508 e. The second kappa shape index (κ2) is 4.06. The van der Waals surface area contributed by atoms with Crippen molar-refractivity contribution in [2.75, 3.05) is 6.61 Å². The second-order valence-electron chi connectivity index (χ2n) is 2.49. The van der Waals surface area contributed by atoms with Gasteiger partial charge in [-0.3, -0.25) is 0 Å². The van der Waals surface area contributed by atoms with Gasteiger partial charge >= 0.3 is 0 Å². The van der Waals surface area contributed by atoms with E-state index in [0.29, 0.717) is 0 Å². The average Bonchev–Trinajstić information content (AvgIpc) is 2.08. The monoisotopic (exact) mass is 279 g/mol. The molecule has 4 heteroatoms. The molecular weight excluding hydrogens is 269 g/mol. The van der Waals surface area contributed by atoms with Crippen LogP contribution in [0.25, 0.3) is 0 Å². The van der Waals surface area contributed by atoms with Crippen molar-refractivity contribution in [2.24, 2.45) is 5.73 Å². The van der Waals surface area contributed by atoms with E-state index < -0.39 is 6.04 Å². The third-order valence-corrected chi connectivity index (χ3v) is 2.56. The van der Waals surface area contributed by atoms with Crippen molar-refractivity contribution < 1.29 is 10.2 Å². The quantitative estimate of drug-likeness (QED) is 0.707. The van der Waals surface area contributed by atoms with Gasteiger partial charge in [-0.25, -0.2) is 0 Å². The Morgan fingerprint density at radius 2 is 2.17 bits per heavy atom. The maximum Gasteiger partial charge on any atom is 0.115 e. The smallest absolute Gasteiger partial charge is 0.115 e. The number of phenolic OH excluding ortho intramolecular Hbond substituents is 1. The predicted molar refractivity (Wildman–Crippen MR) is 54.8 cm³/mol. The first-order valence-electron chi connectivity index (χ1n) is 3.50. The predicted octanol–water partition coefficient (Wildman–Crippen LogP) is 0.989. The van der Waals surface area contributed by atoms with Crippen LogP contribution in [-0.2, 0) is 0 Å². The summed E-state index contributed by atoms with van der Waals surface area (Å²) in [6.07, 6.45) is 0. The molecule has 0 aliphatic carbocycles. The van der Waals surface area contributed by atoms with E-state index in [1.807, 2.05) is 0 Å². The van der Waals surface area contributed by atoms with Crippen LogP contribution in [0.3, 0.4) is 0 Å². The maximum atomic E-state index is 9.14. The Kier molecular flexibility index (Phi) is 3.30. The van der Waals surface area contributed by atoms with Gasteiger partial charge in [0.1, 0.15) is 5.75 Å². The molecule has 66 valence electrons. The van der Waals surface area contributed by atoms with E-state index in [1.165, 1.54) is 0 Å². The van der Waals surface area contributed by atoms with Crippen molar-refractivity contribution >= 4 is 22.6 Å². The zero-order valence-corrected chi connectivity index (χ0v) is 8.52. The number of aliphatic hydroxyl groups is 1. The number of halogens is 1. The lowest BCUT2D eigenvalue weighted by molar-refractivity contribution is 0.267. The van der Waals surface area contributed by atoms with E-state index in [2.05, 4.69) is 22.6 Å². The van der Waals surface area contributed by atoms with Crippen LogP contribution in [0.1, 0.15) is 11.6 Å². The summed E-state index contributed by atoms with van der Waals surface area (Å²) in [5, 5.41) is 17.9. The topological polar surface area (TPSA) is 66.5 Å². The number of rotatable bonds is 2. The molecule has 0 unspecified atom stereocenters. The molecule has 4 N–H and O–H groups in total. The van der Waals surface area contributed by atoms with Gasteiger partial charge in [-0.15, -0.1) is 0 Å². The Morgan fingerprint density at radius 3 is 2.75 bits per heavy atom. The highest BCUT2D eigenvalue weighted by atomic mass is 127. The van der Waals surface area contributed by atoms with Crippen molar-refractivity contribution in [3.63, 3.8) is 0 Å². The molecule has 0 amide bonds. The maximum absolute atomic E-state index is 9.14. The molecule has 0 aliphatic rings. The van der Waals surface area contributed by atoms with Crippen LogP contribution in [0, 0.1) is 3.57 Å². The highest BCUT2D eigenvalue weighted by molar-refractivity contribution is 14.1. The highest BCUT2D eigenvalue weighted by Gasteiger charge is 2.08. The number of aliphatic hydroxyl groups excluding tert-OH is 1. The van der Waals surface area contributed by atoms with Crippen molar-refractivity contribution in [3.05, 3.63) is 27.3 Å². The summed E-state index contributed by atoms with van der Waals surface area (Å²) in [4.78, 5) is 0. The van der Waals surface area contributed by atoms with E-state index in [-0.39, 0.29) is 12.4 Å². The van der Waals surface area contributed by atoms with Gasteiger partial charge in [0.15, 0.2) is 0 Å². The van der Waals surface area contributed by atoms with Gasteiger partial charge in [0.25, 0.3) is 0 Å². The summed E-state index contributed by atoms with van der Waals surface area (Å²) in [5.41, 5.74) is 6.37. The molecule has 1 aromatic carbocycles. The van der Waals surface area contributed by atoms with Crippen LogP contribution in [-0.4, -0.2) is 16.8 Å². The third kappa shape index (κ3) is 2.09. The molecule has 0 saturated carbocycles. The van der Waals surface area contributed by atoms with Gasteiger partial charge in [0, 0.05) is 3.57 Å². The number of hydrogen-bond donors (Lipinski definition) is 3. The van der Waals surface area contributed by atoms with Crippen LogP contribution >= 0.6 is 22.6 Å². The van der Waals surface area contributed by atoms with Gasteiger partial charge in [-0.05, 0) is 46.4 Å². The first-order valence-corrected chi connectivity index (χ1v) is 4.58. The molecule has 1 aromatic rings. The molecule has 0 heterocycles. The zero-order chi connectivity index (χ0) is 9.14. The number of aromatic hydroxyl groups is 1. The number of nitrogens with two attached hydrogens (primary N) is 1. The molecule has 0 saturated heterocycles. The standard InChI is InChI=1S/C8H10INO2/c9-7-2-1-5(12)3-6(7)8(10)4-11/h1-3,8,11-12H,4,10H2/t8-/m1/s1. The molecule has 1 rings (SSSR count). The second-order valence-corrected chi connectivity index (χ2v) is 3.66. The Hall–Kier alpha value is -0.330. The summed E-state index contributed by atoms with van der Waals surface area (Å²) in [5.74, 6) is 0.175. The molecule has 3 nitrogen and oxygen atoms in total. The van der Waals surface area contributed by atoms with Crippen molar-refractivity contribution in [1.29, 1.82) is 0 Å². The number of hydrogen-bond acceptors (Lipinski definition) is 3. The van der Waals surface area contributed by atoms with Crippen molar-refractivity contribution in [1.82, 2.24) is 0 Å². The van der Waals surface area contributed by atoms with Gasteiger partial charge in [-0.1, -0.05) is 0 Å². The average molecular weight is 279 g/mol. The minimum atomic E-state index is -0.413. The molecule has 0 radical (unpaired) electrons. The van der Waals surface area contributed by atoms with Crippen LogP contribution in [0.15, 0.2) is 18.2 Å². The summed E-state index contributed by atoms with van der Waals surface area (Å²) < 4.78 is 0.951. The summed E-state index contributed by atoms with van der Waals surface area (Å²) in [6, 6.07) is 4.52. The van der Waals surface area contributed by atoms with Crippen LogP contribution in [0.4, 0.5) is 0 Å². The summed E-state index contributed by atoms with van der Waals surface area (Å²) in [7, 11) is 0. The van der Waals surface area contributed by atoms with E-state index in [0.717, 1.165) is 9.13 Å². The Bertz CT molecular complexity index is 278. The Balaban J connectivity index is 3.04. The van der Waals surface area contributed by atoms with E-state index in [4.69, 9.17) is 15.9 Å². The van der Waals surface area contributed by atoms with Crippen LogP contribution < -0.4 is 5.73 Å². The van der Waals surface area contributed by atoms with Gasteiger partial charge < -0.3 is 15.9 Å². The van der Waals surface area contributed by atoms with Gasteiger partial charge in [0.2, 0.25) is 0 Å². The normalized spacial score (nSPS) is 12.9. The van der Waals surface area contributed by atoms with Crippen molar-refractivity contribution in [3.8, 4) is 5.75 Å². The lowest BCUT2D eigenvalue weighted by Gasteiger charge is -2.10. The zero-order valence-electron chi connectivity index (χ0n) is 6.37. The Morgan fingerprint density at radius 1 is 1.50 bits per heavy atom. The first-order chi connectivity index (χ1) is 5.65. The van der Waals surface area contributed by atoms with Crippen molar-refractivity contribution in [2.45, 2.75) is 6.04 Å². The molecular formula is C8H10INO2. The molecule has 1 atom stereocenters. The largest absolute Gasteiger partial charge is 0.508 e. The minimum absolute atomic E-state index is 0.112. The fourth-order valence-electron chi connectivity index (χ4n) is 0.914. The lowest BCUT2D eigenvalue weighted by atomic mass is 10.1. The number of benzene rings is 1. The molecule has 0 bridgehead atoms. The first kappa shape index (κ1) is 9.76. The van der Waals surface area contributed by atoms with E-state index >= 15 is 0 Å². The molecule has 0 fully saturated rings. The molecule has 0 spiro atoms. The lowest BCUT2D eigenvalue weighted by Crippen LogP contribution is -2.15.